The van der Waals surface area contributed by atoms with Crippen molar-refractivity contribution in [2.24, 2.45) is 11.8 Å². The highest BCUT2D eigenvalue weighted by Crippen LogP contribution is 2.53. The number of ether oxygens (including phenoxy) is 1. The van der Waals surface area contributed by atoms with Gasteiger partial charge in [0.05, 0.1) is 33.8 Å². The fraction of sp³-hybridized carbons (Fsp3) is 0.462. The highest BCUT2D eigenvalue weighted by atomic mass is 35.5. The first kappa shape index (κ1) is 28.4. The minimum absolute atomic E-state index is 0.00246. The molecule has 2 aromatic carbocycles. The molecule has 0 radical (unpaired) electrons. The SMILES string of the molecule is COCCNC(=O)C[C@@]1(O)C2CC[C@H]1C[C@H](S(=O)(=O)c1cc(C(=O)Nc3ccc(F)c(F)c3)ccc1Cl)C2. The summed E-state index contributed by atoms with van der Waals surface area (Å²) in [6, 6.07) is 6.66. The van der Waals surface area contributed by atoms with Gasteiger partial charge >= 0.3 is 0 Å². The van der Waals surface area contributed by atoms with Crippen LogP contribution in [0.4, 0.5) is 14.5 Å². The van der Waals surface area contributed by atoms with E-state index in [1.807, 2.05) is 0 Å². The highest BCUT2D eigenvalue weighted by Gasteiger charge is 2.56. The molecule has 2 amide bonds. The van der Waals surface area contributed by atoms with Crippen LogP contribution in [0.1, 0.15) is 42.5 Å². The van der Waals surface area contributed by atoms with Crippen molar-refractivity contribution in [2.45, 2.75) is 47.9 Å². The largest absolute Gasteiger partial charge is 0.389 e. The fourth-order valence-corrected chi connectivity index (χ4v) is 7.99. The van der Waals surface area contributed by atoms with Gasteiger partial charge in [0.15, 0.2) is 21.5 Å². The molecular formula is C26H29ClF2N2O6S. The number of carbonyl (C=O) groups is 2. The predicted molar refractivity (Wildman–Crippen MR) is 137 cm³/mol. The van der Waals surface area contributed by atoms with Crippen molar-refractivity contribution in [1.82, 2.24) is 5.32 Å². The zero-order valence-electron chi connectivity index (χ0n) is 20.7. The van der Waals surface area contributed by atoms with Crippen molar-refractivity contribution < 1.29 is 36.6 Å². The molecule has 2 aliphatic carbocycles. The average molecular weight is 571 g/mol. The summed E-state index contributed by atoms with van der Waals surface area (Å²) in [6.07, 6.45) is 1.40. The van der Waals surface area contributed by atoms with Crippen LogP contribution in [0.25, 0.3) is 0 Å². The Morgan fingerprint density at radius 1 is 1.11 bits per heavy atom. The Balaban J connectivity index is 1.51. The van der Waals surface area contributed by atoms with Gasteiger partial charge in [-0.2, -0.15) is 0 Å². The Bertz CT molecular complexity index is 1330. The Hall–Kier alpha value is -2.60. The van der Waals surface area contributed by atoms with Crippen molar-refractivity contribution in [3.8, 4) is 0 Å². The van der Waals surface area contributed by atoms with Crippen molar-refractivity contribution in [3.63, 3.8) is 0 Å². The molecule has 0 saturated heterocycles. The molecule has 2 fully saturated rings. The Morgan fingerprint density at radius 3 is 2.42 bits per heavy atom. The molecular weight excluding hydrogens is 542 g/mol. The van der Waals surface area contributed by atoms with E-state index in [1.165, 1.54) is 31.4 Å². The van der Waals surface area contributed by atoms with Gasteiger partial charge in [0.25, 0.3) is 5.91 Å². The molecule has 0 aromatic heterocycles. The maximum Gasteiger partial charge on any atom is 0.255 e. The first-order valence-corrected chi connectivity index (χ1v) is 14.2. The summed E-state index contributed by atoms with van der Waals surface area (Å²) in [5.74, 6) is -4.00. The van der Waals surface area contributed by atoms with Crippen LogP contribution >= 0.6 is 11.6 Å². The first-order chi connectivity index (χ1) is 18.0. The Morgan fingerprint density at radius 2 is 1.79 bits per heavy atom. The molecule has 206 valence electrons. The maximum absolute atomic E-state index is 13.7. The van der Waals surface area contributed by atoms with Crippen molar-refractivity contribution in [1.29, 1.82) is 0 Å². The zero-order chi connectivity index (χ0) is 27.7. The molecule has 0 spiro atoms. The van der Waals surface area contributed by atoms with Crippen LogP contribution in [-0.2, 0) is 19.4 Å². The van der Waals surface area contributed by atoms with Gasteiger partial charge in [0.1, 0.15) is 0 Å². The molecule has 0 aliphatic heterocycles. The van der Waals surface area contributed by atoms with E-state index in [0.717, 1.165) is 12.1 Å². The number of anilines is 1. The summed E-state index contributed by atoms with van der Waals surface area (Å²) in [5.41, 5.74) is -1.32. The van der Waals surface area contributed by atoms with E-state index in [1.54, 1.807) is 0 Å². The number of sulfone groups is 1. The summed E-state index contributed by atoms with van der Waals surface area (Å²) in [5, 5.41) is 15.6. The van der Waals surface area contributed by atoms with Crippen LogP contribution in [0.2, 0.25) is 5.02 Å². The number of nitrogens with one attached hydrogen (secondary N) is 2. The topological polar surface area (TPSA) is 122 Å². The van der Waals surface area contributed by atoms with Gasteiger partial charge in [0, 0.05) is 31.0 Å². The van der Waals surface area contributed by atoms with Gasteiger partial charge in [-0.05, 0) is 67.9 Å². The normalized spacial score (nSPS) is 24.7. The van der Waals surface area contributed by atoms with Gasteiger partial charge in [0.2, 0.25) is 5.91 Å². The summed E-state index contributed by atoms with van der Waals surface area (Å²) in [6.45, 7) is 0.659. The van der Waals surface area contributed by atoms with E-state index >= 15 is 0 Å². The number of fused-ring (bicyclic) bond motifs is 2. The molecule has 4 atom stereocenters. The van der Waals surface area contributed by atoms with Crippen molar-refractivity contribution in [2.75, 3.05) is 25.6 Å². The standard InChI is InChI=1S/C26H29ClF2N2O6S/c1-37-9-8-30-24(32)14-26(34)16-3-4-17(26)12-19(11-16)38(35,36)23-10-15(2-6-20(23)27)25(33)31-18-5-7-21(28)22(29)13-18/h2,5-7,10,13,16-17,19,34H,3-4,8-9,11-12,14H2,1H3,(H,30,32)(H,31,33)/t16-,17?,19-,26-/m0/s1. The molecule has 38 heavy (non-hydrogen) atoms. The quantitative estimate of drug-likeness (QED) is 0.395. The molecule has 12 heteroatoms. The summed E-state index contributed by atoms with van der Waals surface area (Å²) >= 11 is 6.26. The van der Waals surface area contributed by atoms with Crippen molar-refractivity contribution >= 4 is 38.9 Å². The second-order valence-electron chi connectivity index (χ2n) is 9.85. The van der Waals surface area contributed by atoms with Crippen LogP contribution in [-0.4, -0.2) is 56.5 Å². The lowest BCUT2D eigenvalue weighted by Gasteiger charge is -2.42. The van der Waals surface area contributed by atoms with Gasteiger partial charge in [-0.15, -0.1) is 0 Å². The molecule has 2 bridgehead atoms. The van der Waals surface area contributed by atoms with E-state index in [4.69, 9.17) is 16.3 Å². The van der Waals surface area contributed by atoms with Gasteiger partial charge in [-0.25, -0.2) is 17.2 Å². The van der Waals surface area contributed by atoms with Gasteiger partial charge < -0.3 is 20.5 Å². The van der Waals surface area contributed by atoms with E-state index < -0.39 is 38.2 Å². The Kier molecular flexibility index (Phi) is 8.41. The van der Waals surface area contributed by atoms with Crippen LogP contribution < -0.4 is 10.6 Å². The van der Waals surface area contributed by atoms with Gasteiger partial charge in [-0.3, -0.25) is 9.59 Å². The number of hydrogen-bond acceptors (Lipinski definition) is 6. The zero-order valence-corrected chi connectivity index (χ0v) is 22.2. The van der Waals surface area contributed by atoms with Crippen LogP contribution in [0.15, 0.2) is 41.3 Å². The molecule has 3 N–H and O–H groups in total. The summed E-state index contributed by atoms with van der Waals surface area (Å²) in [7, 11) is -2.49. The smallest absolute Gasteiger partial charge is 0.255 e. The number of rotatable bonds is 9. The number of benzene rings is 2. The second kappa shape index (κ2) is 11.3. The summed E-state index contributed by atoms with van der Waals surface area (Å²) < 4.78 is 58.9. The minimum atomic E-state index is -4.01. The lowest BCUT2D eigenvalue weighted by molar-refractivity contribution is -0.132. The van der Waals surface area contributed by atoms with Crippen LogP contribution in [0, 0.1) is 23.5 Å². The van der Waals surface area contributed by atoms with Crippen LogP contribution in [0.5, 0.6) is 0 Å². The average Bonchev–Trinajstić information content (AvgIpc) is 3.02. The first-order valence-electron chi connectivity index (χ1n) is 12.2. The number of amides is 2. The summed E-state index contributed by atoms with van der Waals surface area (Å²) in [4.78, 5) is 24.9. The van der Waals surface area contributed by atoms with E-state index in [9.17, 15) is 31.9 Å². The monoisotopic (exact) mass is 570 g/mol. The third-order valence-corrected chi connectivity index (χ3v) is 10.2. The maximum atomic E-state index is 13.7. The number of methoxy groups -OCH3 is 1. The van der Waals surface area contributed by atoms with E-state index in [2.05, 4.69) is 10.6 Å². The third kappa shape index (κ3) is 5.70. The van der Waals surface area contributed by atoms with E-state index in [-0.39, 0.29) is 58.2 Å². The molecule has 4 rings (SSSR count). The van der Waals surface area contributed by atoms with Crippen LogP contribution in [0.3, 0.4) is 0 Å². The number of halogens is 3. The number of aliphatic hydroxyl groups is 1. The molecule has 2 aromatic rings. The van der Waals surface area contributed by atoms with Gasteiger partial charge in [-0.1, -0.05) is 11.6 Å². The Labute approximate surface area is 224 Å². The molecule has 0 heterocycles. The fourth-order valence-electron chi connectivity index (χ4n) is 5.58. The molecule has 2 aliphatic rings. The number of carbonyl (C=O) groups excluding carboxylic acids is 2. The lowest BCUT2D eigenvalue weighted by atomic mass is 9.72. The van der Waals surface area contributed by atoms with Crippen molar-refractivity contribution in [3.05, 3.63) is 58.6 Å². The molecule has 1 unspecified atom stereocenters. The molecule has 2 saturated carbocycles. The lowest BCUT2D eigenvalue weighted by Crippen LogP contribution is -2.50. The predicted octanol–water partition coefficient (Wildman–Crippen LogP) is 3.72. The molecule has 8 nitrogen and oxygen atoms in total. The second-order valence-corrected chi connectivity index (χ2v) is 12.5. The number of hydrogen-bond donors (Lipinski definition) is 3. The third-order valence-electron chi connectivity index (χ3n) is 7.56. The highest BCUT2D eigenvalue weighted by molar-refractivity contribution is 7.92. The minimum Gasteiger partial charge on any atom is -0.389 e. The van der Waals surface area contributed by atoms with E-state index in [0.29, 0.717) is 26.0 Å².